The highest BCUT2D eigenvalue weighted by Gasteiger charge is 2.23. The van der Waals surface area contributed by atoms with Crippen molar-refractivity contribution in [2.45, 2.75) is 6.54 Å². The maximum absolute atomic E-state index is 13.0. The van der Waals surface area contributed by atoms with E-state index >= 15 is 0 Å². The van der Waals surface area contributed by atoms with Crippen molar-refractivity contribution in [1.29, 1.82) is 0 Å². The highest BCUT2D eigenvalue weighted by atomic mass is 35.5. The fourth-order valence-corrected chi connectivity index (χ4v) is 3.71. The second kappa shape index (κ2) is 7.15. The zero-order chi connectivity index (χ0) is 17.9. The summed E-state index contributed by atoms with van der Waals surface area (Å²) in [5.74, 6) is -0.293. The molecule has 0 unspecified atom stereocenters. The summed E-state index contributed by atoms with van der Waals surface area (Å²) in [6.45, 7) is 0.272. The molecule has 8 heteroatoms. The number of anilines is 1. The number of pyridine rings is 1. The van der Waals surface area contributed by atoms with Crippen molar-refractivity contribution in [3.05, 3.63) is 77.6 Å². The van der Waals surface area contributed by atoms with Crippen molar-refractivity contribution >= 4 is 44.2 Å². The van der Waals surface area contributed by atoms with Crippen molar-refractivity contribution in [2.75, 3.05) is 4.90 Å². The van der Waals surface area contributed by atoms with Gasteiger partial charge in [0.1, 0.15) is 11.2 Å². The molecular weight excluding hydrogens is 370 g/mol. The Hall–Kier alpha value is -2.90. The van der Waals surface area contributed by atoms with Crippen molar-refractivity contribution in [1.82, 2.24) is 19.9 Å². The lowest BCUT2D eigenvalue weighted by atomic mass is 10.3. The molecule has 1 amide bonds. The standard InChI is InChI=1S/C18H12ClN5OS/c19-13-5-3-6-15-16(13)23-18(26-15)24(11-12-4-1-2-7-21-12)17(25)14-10-20-8-9-22-14/h1-10H,11H2. The molecule has 0 bridgehead atoms. The quantitative estimate of drug-likeness (QED) is 0.534. The van der Waals surface area contributed by atoms with Crippen molar-refractivity contribution in [3.8, 4) is 0 Å². The molecule has 26 heavy (non-hydrogen) atoms. The van der Waals surface area contributed by atoms with E-state index in [0.29, 0.717) is 15.7 Å². The summed E-state index contributed by atoms with van der Waals surface area (Å²) in [6, 6.07) is 11.1. The normalized spacial score (nSPS) is 10.8. The van der Waals surface area contributed by atoms with E-state index in [9.17, 15) is 4.79 Å². The monoisotopic (exact) mass is 381 g/mol. The molecule has 0 aliphatic heterocycles. The van der Waals surface area contributed by atoms with E-state index in [1.165, 1.54) is 29.9 Å². The van der Waals surface area contributed by atoms with E-state index < -0.39 is 0 Å². The first kappa shape index (κ1) is 16.6. The molecule has 0 saturated heterocycles. The first-order valence-electron chi connectivity index (χ1n) is 7.75. The van der Waals surface area contributed by atoms with E-state index in [1.54, 1.807) is 17.2 Å². The summed E-state index contributed by atoms with van der Waals surface area (Å²) < 4.78 is 0.908. The first-order chi connectivity index (χ1) is 12.7. The van der Waals surface area contributed by atoms with Crippen LogP contribution in [0, 0.1) is 0 Å². The summed E-state index contributed by atoms with van der Waals surface area (Å²) in [4.78, 5) is 31.6. The number of fused-ring (bicyclic) bond motifs is 1. The fraction of sp³-hybridized carbons (Fsp3) is 0.0556. The largest absolute Gasteiger partial charge is 0.280 e. The number of thiazole rings is 1. The molecule has 0 fully saturated rings. The minimum atomic E-state index is -0.293. The number of carbonyl (C=O) groups excluding carboxylic acids is 1. The fourth-order valence-electron chi connectivity index (χ4n) is 2.45. The Morgan fingerprint density at radius 1 is 1.08 bits per heavy atom. The topological polar surface area (TPSA) is 71.9 Å². The van der Waals surface area contributed by atoms with E-state index in [0.717, 1.165) is 10.4 Å². The Labute approximate surface area is 158 Å². The molecule has 0 aliphatic rings. The van der Waals surface area contributed by atoms with E-state index in [-0.39, 0.29) is 18.1 Å². The highest BCUT2D eigenvalue weighted by molar-refractivity contribution is 7.22. The van der Waals surface area contributed by atoms with Crippen LogP contribution in [0.25, 0.3) is 10.2 Å². The van der Waals surface area contributed by atoms with Gasteiger partial charge in [0.25, 0.3) is 5.91 Å². The molecular formula is C18H12ClN5OS. The average Bonchev–Trinajstić information content (AvgIpc) is 3.12. The number of carbonyl (C=O) groups is 1. The van der Waals surface area contributed by atoms with Crippen LogP contribution in [-0.4, -0.2) is 25.8 Å². The number of benzene rings is 1. The Bertz CT molecular complexity index is 1060. The molecule has 4 aromatic rings. The van der Waals surface area contributed by atoms with E-state index in [1.807, 2.05) is 30.3 Å². The third kappa shape index (κ3) is 3.26. The van der Waals surface area contributed by atoms with Gasteiger partial charge in [-0.25, -0.2) is 9.97 Å². The van der Waals surface area contributed by atoms with Gasteiger partial charge in [0, 0.05) is 18.6 Å². The number of para-hydroxylation sites is 1. The van der Waals surface area contributed by atoms with Gasteiger partial charge in [-0.15, -0.1) is 0 Å². The Morgan fingerprint density at radius 2 is 2.00 bits per heavy atom. The van der Waals surface area contributed by atoms with Crippen LogP contribution >= 0.6 is 22.9 Å². The second-order valence-corrected chi connectivity index (χ2v) is 6.80. The second-order valence-electron chi connectivity index (χ2n) is 5.39. The third-order valence-corrected chi connectivity index (χ3v) is 5.01. The Balaban J connectivity index is 1.78. The molecule has 1 aromatic carbocycles. The molecule has 0 saturated carbocycles. The van der Waals surface area contributed by atoms with Gasteiger partial charge in [-0.1, -0.05) is 35.1 Å². The minimum absolute atomic E-state index is 0.244. The van der Waals surface area contributed by atoms with Crippen molar-refractivity contribution < 1.29 is 4.79 Å². The zero-order valence-electron chi connectivity index (χ0n) is 13.4. The Morgan fingerprint density at radius 3 is 2.73 bits per heavy atom. The number of hydrogen-bond donors (Lipinski definition) is 0. The summed E-state index contributed by atoms with van der Waals surface area (Å²) in [7, 11) is 0. The molecule has 3 aromatic heterocycles. The highest BCUT2D eigenvalue weighted by Crippen LogP contribution is 2.33. The summed E-state index contributed by atoms with van der Waals surface area (Å²) in [5.41, 5.74) is 1.66. The molecule has 4 rings (SSSR count). The lowest BCUT2D eigenvalue weighted by Crippen LogP contribution is -2.31. The van der Waals surface area contributed by atoms with E-state index in [2.05, 4.69) is 19.9 Å². The van der Waals surface area contributed by atoms with Crippen LogP contribution in [0.2, 0.25) is 5.02 Å². The smallest absolute Gasteiger partial charge is 0.276 e. The summed E-state index contributed by atoms with van der Waals surface area (Å²) >= 11 is 7.63. The maximum atomic E-state index is 13.0. The number of rotatable bonds is 4. The van der Waals surface area contributed by atoms with Gasteiger partial charge in [-0.3, -0.25) is 19.7 Å². The Kier molecular flexibility index (Phi) is 4.55. The van der Waals surface area contributed by atoms with Crippen LogP contribution in [0.5, 0.6) is 0 Å². The lowest BCUT2D eigenvalue weighted by molar-refractivity contribution is 0.0979. The van der Waals surface area contributed by atoms with Gasteiger partial charge < -0.3 is 0 Å². The minimum Gasteiger partial charge on any atom is -0.276 e. The van der Waals surface area contributed by atoms with Crippen LogP contribution in [0.3, 0.4) is 0 Å². The number of hydrogen-bond acceptors (Lipinski definition) is 6. The lowest BCUT2D eigenvalue weighted by Gasteiger charge is -2.18. The molecule has 0 atom stereocenters. The van der Waals surface area contributed by atoms with E-state index in [4.69, 9.17) is 11.6 Å². The first-order valence-corrected chi connectivity index (χ1v) is 8.94. The van der Waals surface area contributed by atoms with Gasteiger partial charge in [-0.2, -0.15) is 0 Å². The van der Waals surface area contributed by atoms with Crippen molar-refractivity contribution in [3.63, 3.8) is 0 Å². The number of halogens is 1. The van der Waals surface area contributed by atoms with Gasteiger partial charge in [0.2, 0.25) is 0 Å². The molecule has 128 valence electrons. The molecule has 0 aliphatic carbocycles. The summed E-state index contributed by atoms with van der Waals surface area (Å²) in [5, 5.41) is 1.09. The van der Waals surface area contributed by atoms with Gasteiger partial charge in [0.05, 0.1) is 28.2 Å². The number of nitrogens with zero attached hydrogens (tertiary/aromatic N) is 5. The van der Waals surface area contributed by atoms with Crippen LogP contribution in [0.4, 0.5) is 5.13 Å². The molecule has 6 nitrogen and oxygen atoms in total. The van der Waals surface area contributed by atoms with Gasteiger partial charge in [0.15, 0.2) is 5.13 Å². The maximum Gasteiger partial charge on any atom is 0.280 e. The van der Waals surface area contributed by atoms with Crippen LogP contribution in [0.15, 0.2) is 61.2 Å². The van der Waals surface area contributed by atoms with Gasteiger partial charge >= 0.3 is 0 Å². The summed E-state index contributed by atoms with van der Waals surface area (Å²) in [6.07, 6.45) is 6.14. The number of amides is 1. The van der Waals surface area contributed by atoms with Gasteiger partial charge in [-0.05, 0) is 24.3 Å². The predicted octanol–water partition coefficient (Wildman–Crippen LogP) is 3.98. The molecule has 3 heterocycles. The van der Waals surface area contributed by atoms with Crippen LogP contribution in [0.1, 0.15) is 16.2 Å². The molecule has 0 N–H and O–H groups in total. The third-order valence-electron chi connectivity index (χ3n) is 3.66. The SMILES string of the molecule is O=C(c1cnccn1)N(Cc1ccccn1)c1nc2c(Cl)cccc2s1. The van der Waals surface area contributed by atoms with Crippen molar-refractivity contribution in [2.24, 2.45) is 0 Å². The predicted molar refractivity (Wildman–Crippen MR) is 101 cm³/mol. The molecule has 0 radical (unpaired) electrons. The molecule has 0 spiro atoms. The zero-order valence-corrected chi connectivity index (χ0v) is 15.0. The number of aromatic nitrogens is 4. The van der Waals surface area contributed by atoms with Crippen LogP contribution < -0.4 is 4.90 Å². The van der Waals surface area contributed by atoms with Crippen LogP contribution in [-0.2, 0) is 6.54 Å². The average molecular weight is 382 g/mol.